The highest BCUT2D eigenvalue weighted by molar-refractivity contribution is 7.82. The molecule has 0 fully saturated rings. The van der Waals surface area contributed by atoms with Gasteiger partial charge in [-0.2, -0.15) is 25.3 Å². The minimum atomic E-state index is -0.792. The summed E-state index contributed by atoms with van der Waals surface area (Å²) in [5.74, 6) is -1.58. The van der Waals surface area contributed by atoms with Crippen LogP contribution in [0.25, 0.3) is 0 Å². The van der Waals surface area contributed by atoms with Gasteiger partial charge in [-0.05, 0) is 12.8 Å². The largest absolute Gasteiger partial charge is 0.480 e. The fourth-order valence-electron chi connectivity index (χ4n) is 2.84. The summed E-state index contributed by atoms with van der Waals surface area (Å²) in [5, 5.41) is 16.2. The van der Waals surface area contributed by atoms with Crippen molar-refractivity contribution in [1.82, 2.24) is 0 Å². The molecule has 168 valence electrons. The predicted molar refractivity (Wildman–Crippen MR) is 126 cm³/mol. The van der Waals surface area contributed by atoms with Crippen LogP contribution >= 0.6 is 25.3 Å². The first-order valence-electron chi connectivity index (χ1n) is 11.2. The molecule has 0 spiro atoms. The van der Waals surface area contributed by atoms with Gasteiger partial charge in [0.2, 0.25) is 0 Å². The van der Waals surface area contributed by atoms with E-state index in [1.54, 1.807) is 0 Å². The van der Waals surface area contributed by atoms with E-state index in [0.717, 1.165) is 25.7 Å². The highest BCUT2D eigenvalue weighted by Gasteiger charge is 2.11. The van der Waals surface area contributed by atoms with Crippen LogP contribution in [0.5, 0.6) is 0 Å². The fraction of sp³-hybridized carbons (Fsp3) is 0.909. The van der Waals surface area contributed by atoms with Crippen molar-refractivity contribution in [1.29, 1.82) is 0 Å². The number of aliphatic carboxylic acids is 2. The molecule has 2 unspecified atom stereocenters. The van der Waals surface area contributed by atoms with Gasteiger partial charge in [0.05, 0.1) is 10.5 Å². The second kappa shape index (κ2) is 22.9. The molecule has 28 heavy (non-hydrogen) atoms. The highest BCUT2D eigenvalue weighted by atomic mass is 32.1. The number of carboxylic acid groups (broad SMARTS) is 2. The average Bonchev–Trinajstić information content (AvgIpc) is 2.66. The smallest absolute Gasteiger partial charge is 0.316 e. The third-order valence-corrected chi connectivity index (χ3v) is 5.69. The Morgan fingerprint density at radius 2 is 0.821 bits per heavy atom. The van der Waals surface area contributed by atoms with E-state index in [4.69, 9.17) is 10.2 Å². The topological polar surface area (TPSA) is 74.6 Å². The first-order valence-corrected chi connectivity index (χ1v) is 12.2. The summed E-state index contributed by atoms with van der Waals surface area (Å²) in [4.78, 5) is 20.9. The zero-order valence-corrected chi connectivity index (χ0v) is 19.9. The molecule has 4 nitrogen and oxygen atoms in total. The van der Waals surface area contributed by atoms with E-state index in [0.29, 0.717) is 12.8 Å². The van der Waals surface area contributed by atoms with Crippen LogP contribution in [0, 0.1) is 0 Å². The third kappa shape index (κ3) is 23.7. The van der Waals surface area contributed by atoms with Crippen LogP contribution in [-0.4, -0.2) is 32.7 Å². The Labute approximate surface area is 184 Å². The molecule has 0 saturated heterocycles. The van der Waals surface area contributed by atoms with Crippen LogP contribution in [0.15, 0.2) is 0 Å². The van der Waals surface area contributed by atoms with Crippen LogP contribution in [0.3, 0.4) is 0 Å². The Balaban J connectivity index is 0. The Kier molecular flexibility index (Phi) is 24.4. The molecule has 0 aliphatic rings. The van der Waals surface area contributed by atoms with E-state index < -0.39 is 22.4 Å². The summed E-state index contributed by atoms with van der Waals surface area (Å²) in [5.41, 5.74) is 0. The van der Waals surface area contributed by atoms with Crippen LogP contribution in [0.1, 0.15) is 117 Å². The van der Waals surface area contributed by atoms with Gasteiger partial charge in [0.15, 0.2) is 0 Å². The maximum absolute atomic E-state index is 10.4. The van der Waals surface area contributed by atoms with Crippen molar-refractivity contribution in [3.63, 3.8) is 0 Å². The maximum Gasteiger partial charge on any atom is 0.316 e. The molecule has 6 heteroatoms. The highest BCUT2D eigenvalue weighted by Crippen LogP contribution is 2.13. The number of carboxylic acids is 2. The van der Waals surface area contributed by atoms with Crippen molar-refractivity contribution < 1.29 is 19.8 Å². The zero-order chi connectivity index (χ0) is 21.6. The van der Waals surface area contributed by atoms with Gasteiger partial charge in [0.25, 0.3) is 0 Å². The molecule has 0 aromatic heterocycles. The fourth-order valence-corrected chi connectivity index (χ4v) is 3.20. The van der Waals surface area contributed by atoms with Gasteiger partial charge in [-0.25, -0.2) is 0 Å². The van der Waals surface area contributed by atoms with Gasteiger partial charge < -0.3 is 10.2 Å². The molecule has 0 aliphatic carbocycles. The Hall–Kier alpha value is -0.360. The molecule has 0 bridgehead atoms. The van der Waals surface area contributed by atoms with Gasteiger partial charge >= 0.3 is 11.9 Å². The number of hydrogen-bond donors (Lipinski definition) is 4. The lowest BCUT2D eigenvalue weighted by molar-refractivity contribution is -0.137. The molecule has 2 N–H and O–H groups in total. The summed E-state index contributed by atoms with van der Waals surface area (Å²) >= 11 is 7.97. The number of carbonyl (C=O) groups is 2. The number of rotatable bonds is 18. The predicted octanol–water partition coefficient (Wildman–Crippen LogP) is 7.02. The van der Waals surface area contributed by atoms with E-state index >= 15 is 0 Å². The molecule has 0 aromatic rings. The van der Waals surface area contributed by atoms with Crippen molar-refractivity contribution in [3.8, 4) is 0 Å². The van der Waals surface area contributed by atoms with Gasteiger partial charge in [0, 0.05) is 0 Å². The average molecular weight is 437 g/mol. The quantitative estimate of drug-likeness (QED) is 0.138. The first-order chi connectivity index (χ1) is 13.4. The molecule has 0 heterocycles. The Morgan fingerprint density at radius 3 is 1.07 bits per heavy atom. The van der Waals surface area contributed by atoms with Crippen molar-refractivity contribution in [3.05, 3.63) is 0 Å². The molecule has 2 atom stereocenters. The van der Waals surface area contributed by atoms with Crippen molar-refractivity contribution >= 4 is 37.2 Å². The maximum atomic E-state index is 10.4. The van der Waals surface area contributed by atoms with Gasteiger partial charge in [-0.15, -0.1) is 0 Å². The lowest BCUT2D eigenvalue weighted by Gasteiger charge is -2.04. The van der Waals surface area contributed by atoms with Crippen LogP contribution in [-0.2, 0) is 9.59 Å². The van der Waals surface area contributed by atoms with Gasteiger partial charge in [0.1, 0.15) is 0 Å². The SMILES string of the molecule is CCCCCCCCCC(S)C(=O)O.CCCCCCCCCC(S)C(=O)O. The Morgan fingerprint density at radius 1 is 0.571 bits per heavy atom. The van der Waals surface area contributed by atoms with E-state index in [2.05, 4.69) is 39.1 Å². The zero-order valence-electron chi connectivity index (χ0n) is 18.1. The molecule has 0 aliphatic heterocycles. The number of thiol groups is 2. The minimum Gasteiger partial charge on any atom is -0.480 e. The molecule has 0 aromatic carbocycles. The van der Waals surface area contributed by atoms with Gasteiger partial charge in [-0.3, -0.25) is 9.59 Å². The van der Waals surface area contributed by atoms with Crippen LogP contribution < -0.4 is 0 Å². The lowest BCUT2D eigenvalue weighted by Crippen LogP contribution is -2.12. The van der Waals surface area contributed by atoms with E-state index in [9.17, 15) is 9.59 Å². The second-order valence-electron chi connectivity index (χ2n) is 7.53. The van der Waals surface area contributed by atoms with E-state index in [1.807, 2.05) is 0 Å². The summed E-state index contributed by atoms with van der Waals surface area (Å²) < 4.78 is 0. The Bertz CT molecular complexity index is 330. The van der Waals surface area contributed by atoms with E-state index in [-0.39, 0.29) is 0 Å². The summed E-state index contributed by atoms with van der Waals surface area (Å²) in [6.45, 7) is 4.41. The third-order valence-electron chi connectivity index (χ3n) is 4.73. The first kappa shape index (κ1) is 29.8. The summed E-state index contributed by atoms with van der Waals surface area (Å²) in [6, 6.07) is 0. The number of hydrogen-bond acceptors (Lipinski definition) is 4. The van der Waals surface area contributed by atoms with Gasteiger partial charge in [-0.1, -0.05) is 104 Å². The monoisotopic (exact) mass is 436 g/mol. The molecular weight excluding hydrogens is 392 g/mol. The normalized spacial score (nSPS) is 12.7. The van der Waals surface area contributed by atoms with E-state index in [1.165, 1.54) is 64.2 Å². The van der Waals surface area contributed by atoms with Crippen LogP contribution in [0.4, 0.5) is 0 Å². The molecular formula is C22H44O4S2. The molecule has 0 amide bonds. The lowest BCUT2D eigenvalue weighted by atomic mass is 10.1. The van der Waals surface area contributed by atoms with Crippen molar-refractivity contribution in [2.45, 2.75) is 127 Å². The van der Waals surface area contributed by atoms with Crippen LogP contribution in [0.2, 0.25) is 0 Å². The number of unbranched alkanes of at least 4 members (excludes halogenated alkanes) is 12. The van der Waals surface area contributed by atoms with Crippen molar-refractivity contribution in [2.75, 3.05) is 0 Å². The molecule has 0 rings (SSSR count). The van der Waals surface area contributed by atoms with Crippen molar-refractivity contribution in [2.24, 2.45) is 0 Å². The summed E-state index contributed by atoms with van der Waals surface area (Å²) in [6.07, 6.45) is 18.6. The summed E-state index contributed by atoms with van der Waals surface area (Å²) in [7, 11) is 0. The minimum absolute atomic E-state index is 0.467. The molecule has 0 radical (unpaired) electrons. The molecule has 0 saturated carbocycles. The second-order valence-corrected chi connectivity index (χ2v) is 8.77. The standard InChI is InChI=1S/2C11H22O2S/c2*1-2-3-4-5-6-7-8-9-10(14)11(12)13/h2*10,14H,2-9H2,1H3,(H,12,13).